The van der Waals surface area contributed by atoms with Gasteiger partial charge >= 0.3 is 0 Å². The summed E-state index contributed by atoms with van der Waals surface area (Å²) in [6.45, 7) is -0.222. The topological polar surface area (TPSA) is 130 Å². The minimum absolute atomic E-state index is 0.139. The zero-order valence-electron chi connectivity index (χ0n) is 13.3. The molecule has 1 aliphatic rings. The lowest BCUT2D eigenvalue weighted by Gasteiger charge is -2.26. The molecule has 0 spiro atoms. The van der Waals surface area contributed by atoms with E-state index in [1.807, 2.05) is 0 Å². The fraction of sp³-hybridized carbons (Fsp3) is 0.562. The van der Waals surface area contributed by atoms with Crippen LogP contribution in [0.3, 0.4) is 0 Å². The maximum atomic E-state index is 10.4. The second-order valence-corrected chi connectivity index (χ2v) is 6.18. The summed E-state index contributed by atoms with van der Waals surface area (Å²) in [5.74, 6) is 6.09. The van der Waals surface area contributed by atoms with Gasteiger partial charge in [0.1, 0.15) is 11.1 Å². The Labute approximate surface area is 139 Å². The minimum Gasteiger partial charge on any atom is -0.394 e. The number of fused-ring (bicyclic) bond motifs is 1. The van der Waals surface area contributed by atoms with Gasteiger partial charge in [0.25, 0.3) is 0 Å². The smallest absolute Gasteiger partial charge is 0.209 e. The van der Waals surface area contributed by atoms with Crippen molar-refractivity contribution in [1.82, 2.24) is 19.5 Å². The van der Waals surface area contributed by atoms with E-state index in [2.05, 4.69) is 26.8 Å². The second kappa shape index (κ2) is 6.73. The van der Waals surface area contributed by atoms with Crippen molar-refractivity contribution in [3.8, 4) is 11.8 Å². The summed E-state index contributed by atoms with van der Waals surface area (Å²) in [5, 5.41) is 29.0. The molecule has 2 aromatic rings. The normalized spacial score (nSPS) is 18.1. The highest BCUT2D eigenvalue weighted by Gasteiger charge is 2.26. The summed E-state index contributed by atoms with van der Waals surface area (Å²) in [6.07, 6.45) is 4.90. The Morgan fingerprint density at radius 1 is 1.29 bits per heavy atom. The third kappa shape index (κ3) is 3.48. The fourth-order valence-electron chi connectivity index (χ4n) is 2.87. The van der Waals surface area contributed by atoms with E-state index in [4.69, 9.17) is 10.8 Å². The minimum atomic E-state index is -0.987. The summed E-state index contributed by atoms with van der Waals surface area (Å²) in [5.41, 5.74) is 5.78. The molecule has 2 heterocycles. The SMILES string of the molecule is Nc1nc(C#CC2(O)CCCCC2)nc2c1ncn2CC(O)CO. The molecule has 0 amide bonds. The van der Waals surface area contributed by atoms with Gasteiger partial charge in [0.2, 0.25) is 5.82 Å². The first-order chi connectivity index (χ1) is 11.5. The highest BCUT2D eigenvalue weighted by atomic mass is 16.3. The maximum Gasteiger partial charge on any atom is 0.209 e. The summed E-state index contributed by atoms with van der Waals surface area (Å²) >= 11 is 0. The Morgan fingerprint density at radius 3 is 2.75 bits per heavy atom. The van der Waals surface area contributed by atoms with Gasteiger partial charge in [0, 0.05) is 0 Å². The first-order valence-electron chi connectivity index (χ1n) is 8.03. The van der Waals surface area contributed by atoms with Crippen molar-refractivity contribution in [3.63, 3.8) is 0 Å². The Bertz CT molecular complexity index is 786. The van der Waals surface area contributed by atoms with E-state index in [0.717, 1.165) is 19.3 Å². The van der Waals surface area contributed by atoms with Crippen LogP contribution in [0.25, 0.3) is 11.2 Å². The third-order valence-electron chi connectivity index (χ3n) is 4.20. The number of aliphatic hydroxyl groups is 3. The van der Waals surface area contributed by atoms with Gasteiger partial charge in [0.15, 0.2) is 11.5 Å². The molecule has 0 radical (unpaired) electrons. The van der Waals surface area contributed by atoms with E-state index in [-0.39, 0.29) is 24.8 Å². The van der Waals surface area contributed by atoms with E-state index >= 15 is 0 Å². The molecule has 8 heteroatoms. The fourth-order valence-corrected chi connectivity index (χ4v) is 2.87. The molecule has 1 saturated carbocycles. The van der Waals surface area contributed by atoms with Crippen molar-refractivity contribution in [2.24, 2.45) is 0 Å². The molecule has 0 aromatic carbocycles. The van der Waals surface area contributed by atoms with Crippen molar-refractivity contribution < 1.29 is 15.3 Å². The highest BCUT2D eigenvalue weighted by Crippen LogP contribution is 2.27. The summed E-state index contributed by atoms with van der Waals surface area (Å²) in [7, 11) is 0. The summed E-state index contributed by atoms with van der Waals surface area (Å²) in [6, 6.07) is 0. The van der Waals surface area contributed by atoms with Crippen LogP contribution in [0, 0.1) is 11.8 Å². The molecule has 0 saturated heterocycles. The van der Waals surface area contributed by atoms with E-state index < -0.39 is 11.7 Å². The predicted octanol–water partition coefficient (Wildman–Crippen LogP) is -0.192. The Balaban J connectivity index is 1.93. The van der Waals surface area contributed by atoms with Gasteiger partial charge in [0.05, 0.1) is 25.6 Å². The van der Waals surface area contributed by atoms with Crippen LogP contribution in [0.5, 0.6) is 0 Å². The van der Waals surface area contributed by atoms with Crippen LogP contribution in [0.15, 0.2) is 6.33 Å². The van der Waals surface area contributed by atoms with Crippen LogP contribution in [-0.2, 0) is 6.54 Å². The van der Waals surface area contributed by atoms with E-state index in [1.165, 1.54) is 6.33 Å². The molecular formula is C16H21N5O3. The quantitative estimate of drug-likeness (QED) is 0.573. The first-order valence-corrected chi connectivity index (χ1v) is 8.03. The molecular weight excluding hydrogens is 310 g/mol. The molecule has 3 rings (SSSR count). The number of aliphatic hydroxyl groups excluding tert-OH is 2. The molecule has 1 unspecified atom stereocenters. The second-order valence-electron chi connectivity index (χ2n) is 6.18. The van der Waals surface area contributed by atoms with Crippen molar-refractivity contribution in [2.45, 2.75) is 50.4 Å². The lowest BCUT2D eigenvalue weighted by atomic mass is 9.85. The first kappa shape index (κ1) is 16.6. The Kier molecular flexibility index (Phi) is 4.66. The molecule has 5 N–H and O–H groups in total. The van der Waals surface area contributed by atoms with Gasteiger partial charge in [-0.2, -0.15) is 0 Å². The number of hydrogen-bond acceptors (Lipinski definition) is 7. The molecule has 2 aromatic heterocycles. The van der Waals surface area contributed by atoms with E-state index in [1.54, 1.807) is 4.57 Å². The van der Waals surface area contributed by atoms with Crippen LogP contribution in [0.1, 0.15) is 37.9 Å². The molecule has 1 aliphatic carbocycles. The summed E-state index contributed by atoms with van der Waals surface area (Å²) < 4.78 is 1.59. The molecule has 0 aliphatic heterocycles. The van der Waals surface area contributed by atoms with Gasteiger partial charge in [-0.3, -0.25) is 0 Å². The van der Waals surface area contributed by atoms with E-state index in [0.29, 0.717) is 24.0 Å². The number of anilines is 1. The van der Waals surface area contributed by atoms with Crippen molar-refractivity contribution in [2.75, 3.05) is 12.3 Å². The van der Waals surface area contributed by atoms with Gasteiger partial charge in [-0.25, -0.2) is 15.0 Å². The number of nitrogens with two attached hydrogens (primary N) is 1. The van der Waals surface area contributed by atoms with Crippen LogP contribution < -0.4 is 5.73 Å². The average molecular weight is 331 g/mol. The molecule has 24 heavy (non-hydrogen) atoms. The number of imidazole rings is 1. The van der Waals surface area contributed by atoms with Gasteiger partial charge in [-0.15, -0.1) is 0 Å². The number of rotatable bonds is 3. The van der Waals surface area contributed by atoms with Gasteiger partial charge < -0.3 is 25.6 Å². The predicted molar refractivity (Wildman–Crippen MR) is 87.7 cm³/mol. The summed E-state index contributed by atoms with van der Waals surface area (Å²) in [4.78, 5) is 12.6. The van der Waals surface area contributed by atoms with Crippen molar-refractivity contribution >= 4 is 17.0 Å². The Morgan fingerprint density at radius 2 is 2.04 bits per heavy atom. The van der Waals surface area contributed by atoms with Crippen molar-refractivity contribution in [1.29, 1.82) is 0 Å². The molecule has 1 fully saturated rings. The van der Waals surface area contributed by atoms with Crippen LogP contribution >= 0.6 is 0 Å². The molecule has 128 valence electrons. The highest BCUT2D eigenvalue weighted by molar-refractivity contribution is 5.81. The Hall–Kier alpha value is -2.21. The zero-order valence-corrected chi connectivity index (χ0v) is 13.3. The van der Waals surface area contributed by atoms with Gasteiger partial charge in [-0.1, -0.05) is 12.3 Å². The molecule has 0 bridgehead atoms. The monoisotopic (exact) mass is 331 g/mol. The lowest BCUT2D eigenvalue weighted by Crippen LogP contribution is -2.29. The average Bonchev–Trinajstić information content (AvgIpc) is 2.97. The van der Waals surface area contributed by atoms with Crippen LogP contribution in [-0.4, -0.2) is 53.2 Å². The van der Waals surface area contributed by atoms with E-state index in [9.17, 15) is 10.2 Å². The number of nitrogens with zero attached hydrogens (tertiary/aromatic N) is 4. The zero-order chi connectivity index (χ0) is 17.2. The van der Waals surface area contributed by atoms with Crippen LogP contribution in [0.4, 0.5) is 5.82 Å². The molecule has 8 nitrogen and oxygen atoms in total. The number of hydrogen-bond donors (Lipinski definition) is 4. The standard InChI is InChI=1S/C16H21N5O3/c17-14-13-15(21(10-18-13)8-11(23)9-22)20-12(19-14)4-7-16(24)5-2-1-3-6-16/h10-11,22-24H,1-3,5-6,8-9H2,(H2,17,19,20). The number of aromatic nitrogens is 4. The lowest BCUT2D eigenvalue weighted by molar-refractivity contribution is 0.0610. The maximum absolute atomic E-state index is 10.4. The largest absolute Gasteiger partial charge is 0.394 e. The third-order valence-corrected chi connectivity index (χ3v) is 4.20. The number of nitrogen functional groups attached to an aromatic ring is 1. The van der Waals surface area contributed by atoms with Crippen molar-refractivity contribution in [3.05, 3.63) is 12.2 Å². The van der Waals surface area contributed by atoms with Gasteiger partial charge in [-0.05, 0) is 31.6 Å². The van der Waals surface area contributed by atoms with Crippen LogP contribution in [0.2, 0.25) is 0 Å². The molecule has 1 atom stereocenters.